The highest BCUT2D eigenvalue weighted by Gasteiger charge is 2.01. The number of carbonyl (C=O) groups is 1. The van der Waals surface area contributed by atoms with Gasteiger partial charge in [-0.25, -0.2) is 4.98 Å². The number of amides is 1. The lowest BCUT2D eigenvalue weighted by Gasteiger charge is -2.03. The van der Waals surface area contributed by atoms with Crippen LogP contribution in [0.4, 0.5) is 5.69 Å². The molecule has 1 heterocycles. The third kappa shape index (κ3) is 3.96. The second-order valence-corrected chi connectivity index (χ2v) is 3.26. The van der Waals surface area contributed by atoms with Gasteiger partial charge in [0.15, 0.2) is 0 Å². The Balaban J connectivity index is 2.50. The number of aromatic nitrogens is 1. The summed E-state index contributed by atoms with van der Waals surface area (Å²) in [5.74, 6) is 0.376. The SMILES string of the molecule is N#Cc1ccc(NC(=O)CCCCl)cn1. The summed E-state index contributed by atoms with van der Waals surface area (Å²) >= 11 is 5.46. The Hall–Kier alpha value is -1.60. The quantitative estimate of drug-likeness (QED) is 0.793. The first-order valence-electron chi connectivity index (χ1n) is 4.48. The number of nitriles is 1. The molecule has 0 aliphatic rings. The van der Waals surface area contributed by atoms with Crippen molar-refractivity contribution in [3.63, 3.8) is 0 Å². The molecule has 1 N–H and O–H groups in total. The van der Waals surface area contributed by atoms with E-state index >= 15 is 0 Å². The molecular formula is C10H10ClN3O. The summed E-state index contributed by atoms with van der Waals surface area (Å²) in [4.78, 5) is 15.1. The van der Waals surface area contributed by atoms with Crippen molar-refractivity contribution in [3.05, 3.63) is 24.0 Å². The fourth-order valence-electron chi connectivity index (χ4n) is 0.985. The lowest BCUT2D eigenvalue weighted by Crippen LogP contribution is -2.11. The van der Waals surface area contributed by atoms with E-state index in [0.29, 0.717) is 30.1 Å². The van der Waals surface area contributed by atoms with Gasteiger partial charge in [0.2, 0.25) is 5.91 Å². The molecule has 1 aromatic rings. The summed E-state index contributed by atoms with van der Waals surface area (Å²) in [6.45, 7) is 0. The monoisotopic (exact) mass is 223 g/mol. The van der Waals surface area contributed by atoms with Gasteiger partial charge in [-0.05, 0) is 18.6 Å². The molecule has 1 aromatic heterocycles. The van der Waals surface area contributed by atoms with E-state index in [2.05, 4.69) is 10.3 Å². The van der Waals surface area contributed by atoms with Gasteiger partial charge in [0, 0.05) is 12.3 Å². The van der Waals surface area contributed by atoms with E-state index in [4.69, 9.17) is 16.9 Å². The highest BCUT2D eigenvalue weighted by molar-refractivity contribution is 6.18. The molecule has 4 nitrogen and oxygen atoms in total. The van der Waals surface area contributed by atoms with Crippen LogP contribution >= 0.6 is 11.6 Å². The first-order valence-corrected chi connectivity index (χ1v) is 5.01. The molecule has 0 unspecified atom stereocenters. The van der Waals surface area contributed by atoms with Crippen molar-refractivity contribution in [2.75, 3.05) is 11.2 Å². The molecule has 0 spiro atoms. The predicted molar refractivity (Wildman–Crippen MR) is 57.5 cm³/mol. The van der Waals surface area contributed by atoms with Crippen LogP contribution in [0.15, 0.2) is 18.3 Å². The normalized spacial score (nSPS) is 9.33. The number of nitrogens with one attached hydrogen (secondary N) is 1. The van der Waals surface area contributed by atoms with Crippen molar-refractivity contribution in [3.8, 4) is 6.07 Å². The molecule has 0 saturated carbocycles. The van der Waals surface area contributed by atoms with E-state index in [-0.39, 0.29) is 5.91 Å². The van der Waals surface area contributed by atoms with Crippen LogP contribution in [-0.4, -0.2) is 16.8 Å². The first kappa shape index (κ1) is 11.5. The van der Waals surface area contributed by atoms with Crippen molar-refractivity contribution < 1.29 is 4.79 Å². The number of anilines is 1. The summed E-state index contributed by atoms with van der Waals surface area (Å²) < 4.78 is 0. The molecule has 0 bridgehead atoms. The van der Waals surface area contributed by atoms with Crippen molar-refractivity contribution in [1.82, 2.24) is 4.98 Å². The summed E-state index contributed by atoms with van der Waals surface area (Å²) in [6, 6.07) is 5.10. The van der Waals surface area contributed by atoms with E-state index in [1.54, 1.807) is 12.1 Å². The molecule has 0 aromatic carbocycles. The average Bonchev–Trinajstić information content (AvgIpc) is 2.27. The number of rotatable bonds is 4. The summed E-state index contributed by atoms with van der Waals surface area (Å²) in [5.41, 5.74) is 0.919. The third-order valence-electron chi connectivity index (χ3n) is 1.70. The minimum atomic E-state index is -0.0952. The van der Waals surface area contributed by atoms with Gasteiger partial charge in [0.1, 0.15) is 11.8 Å². The highest BCUT2D eigenvalue weighted by atomic mass is 35.5. The van der Waals surface area contributed by atoms with Crippen molar-refractivity contribution in [2.24, 2.45) is 0 Å². The van der Waals surface area contributed by atoms with Gasteiger partial charge >= 0.3 is 0 Å². The second-order valence-electron chi connectivity index (χ2n) is 2.88. The molecule has 0 atom stereocenters. The minimum Gasteiger partial charge on any atom is -0.325 e. The Morgan fingerprint density at radius 3 is 2.93 bits per heavy atom. The minimum absolute atomic E-state index is 0.0952. The number of hydrogen-bond acceptors (Lipinski definition) is 3. The fourth-order valence-corrected chi connectivity index (χ4v) is 1.12. The van der Waals surface area contributed by atoms with Crippen LogP contribution in [-0.2, 0) is 4.79 Å². The van der Waals surface area contributed by atoms with E-state index in [1.807, 2.05) is 6.07 Å². The number of alkyl halides is 1. The van der Waals surface area contributed by atoms with E-state index in [9.17, 15) is 4.79 Å². The largest absolute Gasteiger partial charge is 0.325 e. The predicted octanol–water partition coefficient (Wildman–Crippen LogP) is 1.91. The van der Waals surface area contributed by atoms with E-state index < -0.39 is 0 Å². The second kappa shape index (κ2) is 5.99. The molecule has 0 saturated heterocycles. The van der Waals surface area contributed by atoms with Gasteiger partial charge in [-0.15, -0.1) is 11.6 Å². The Morgan fingerprint density at radius 1 is 1.60 bits per heavy atom. The maximum absolute atomic E-state index is 11.3. The van der Waals surface area contributed by atoms with Crippen LogP contribution in [0.2, 0.25) is 0 Å². The van der Waals surface area contributed by atoms with E-state index in [1.165, 1.54) is 6.20 Å². The van der Waals surface area contributed by atoms with Gasteiger partial charge in [-0.1, -0.05) is 0 Å². The molecule has 1 amide bonds. The maximum atomic E-state index is 11.3. The zero-order chi connectivity index (χ0) is 11.1. The molecule has 15 heavy (non-hydrogen) atoms. The summed E-state index contributed by atoms with van der Waals surface area (Å²) in [6.07, 6.45) is 2.50. The third-order valence-corrected chi connectivity index (χ3v) is 1.97. The highest BCUT2D eigenvalue weighted by Crippen LogP contribution is 2.06. The molecule has 1 rings (SSSR count). The van der Waals surface area contributed by atoms with Gasteiger partial charge in [-0.3, -0.25) is 4.79 Å². The standard InChI is InChI=1S/C10H10ClN3O/c11-5-1-2-10(15)14-9-4-3-8(6-12)13-7-9/h3-4,7H,1-2,5H2,(H,14,15). The smallest absolute Gasteiger partial charge is 0.224 e. The van der Waals surface area contributed by atoms with Crippen molar-refractivity contribution in [1.29, 1.82) is 5.26 Å². The van der Waals surface area contributed by atoms with E-state index in [0.717, 1.165) is 0 Å². The lowest BCUT2D eigenvalue weighted by atomic mass is 10.3. The molecule has 0 fully saturated rings. The maximum Gasteiger partial charge on any atom is 0.224 e. The number of hydrogen-bond donors (Lipinski definition) is 1. The molecule has 5 heteroatoms. The van der Waals surface area contributed by atoms with Crippen LogP contribution in [0.3, 0.4) is 0 Å². The van der Waals surface area contributed by atoms with Crippen molar-refractivity contribution >= 4 is 23.2 Å². The van der Waals surface area contributed by atoms with Crippen LogP contribution in [0, 0.1) is 11.3 Å². The summed E-state index contributed by atoms with van der Waals surface area (Å²) in [5, 5.41) is 11.2. The van der Waals surface area contributed by atoms with Crippen LogP contribution in [0.25, 0.3) is 0 Å². The molecule has 0 aliphatic carbocycles. The summed E-state index contributed by atoms with van der Waals surface area (Å²) in [7, 11) is 0. The first-order chi connectivity index (χ1) is 7.26. The molecule has 0 aliphatic heterocycles. The van der Waals surface area contributed by atoms with Gasteiger partial charge in [0.25, 0.3) is 0 Å². The number of nitrogens with zero attached hydrogens (tertiary/aromatic N) is 2. The average molecular weight is 224 g/mol. The van der Waals surface area contributed by atoms with Gasteiger partial charge in [-0.2, -0.15) is 5.26 Å². The Kier molecular flexibility index (Phi) is 4.58. The zero-order valence-corrected chi connectivity index (χ0v) is 8.79. The van der Waals surface area contributed by atoms with Crippen LogP contribution in [0.1, 0.15) is 18.5 Å². The lowest BCUT2D eigenvalue weighted by molar-refractivity contribution is -0.116. The Bertz CT molecular complexity index is 369. The van der Waals surface area contributed by atoms with Crippen molar-refractivity contribution in [2.45, 2.75) is 12.8 Å². The number of pyridine rings is 1. The zero-order valence-electron chi connectivity index (χ0n) is 8.03. The van der Waals surface area contributed by atoms with Crippen LogP contribution in [0.5, 0.6) is 0 Å². The molecule has 0 radical (unpaired) electrons. The number of carbonyl (C=O) groups excluding carboxylic acids is 1. The van der Waals surface area contributed by atoms with Gasteiger partial charge in [0.05, 0.1) is 11.9 Å². The van der Waals surface area contributed by atoms with Crippen LogP contribution < -0.4 is 5.32 Å². The van der Waals surface area contributed by atoms with Gasteiger partial charge < -0.3 is 5.32 Å². The Labute approximate surface area is 92.9 Å². The molecular weight excluding hydrogens is 214 g/mol. The Morgan fingerprint density at radius 2 is 2.40 bits per heavy atom. The number of halogens is 1. The molecule has 78 valence electrons. The topological polar surface area (TPSA) is 65.8 Å². The fraction of sp³-hybridized carbons (Fsp3) is 0.300.